The molecule has 0 spiro atoms. The fourth-order valence-corrected chi connectivity index (χ4v) is 5.87. The van der Waals surface area contributed by atoms with Crippen LogP contribution in [0.3, 0.4) is 0 Å². The molecule has 8 nitrogen and oxygen atoms in total. The summed E-state index contributed by atoms with van der Waals surface area (Å²) in [6, 6.07) is 12.2. The van der Waals surface area contributed by atoms with E-state index < -0.39 is 11.4 Å². The molecule has 2 heterocycles. The Morgan fingerprint density at radius 3 is 2.32 bits per heavy atom. The van der Waals surface area contributed by atoms with Gasteiger partial charge in [0, 0.05) is 66.9 Å². The summed E-state index contributed by atoms with van der Waals surface area (Å²) in [7, 11) is 0. The van der Waals surface area contributed by atoms with Crippen LogP contribution in [0.15, 0.2) is 42.5 Å². The molecule has 0 saturated carbocycles. The summed E-state index contributed by atoms with van der Waals surface area (Å²) in [5, 5.41) is 20.3. The SMILES string of the molecule is Cc1ccc(N2CC(CC(=O)O)(CC(=O)N3CCC(CO)CC3)CN(Cc3ccc(Cl)cc3Cl)C2=O)cc1. The van der Waals surface area contributed by atoms with Gasteiger partial charge in [-0.15, -0.1) is 0 Å². The maximum Gasteiger partial charge on any atom is 0.324 e. The van der Waals surface area contributed by atoms with E-state index in [0.29, 0.717) is 47.2 Å². The Balaban J connectivity index is 1.67. The van der Waals surface area contributed by atoms with Crippen molar-refractivity contribution >= 4 is 46.8 Å². The zero-order valence-electron chi connectivity index (χ0n) is 21.4. The van der Waals surface area contributed by atoms with Crippen LogP contribution in [0, 0.1) is 18.3 Å². The van der Waals surface area contributed by atoms with E-state index in [0.717, 1.165) is 5.56 Å². The third-order valence-corrected chi connectivity index (χ3v) is 8.11. The summed E-state index contributed by atoms with van der Waals surface area (Å²) in [6.45, 7) is 3.44. The average molecular weight is 562 g/mol. The van der Waals surface area contributed by atoms with Crippen molar-refractivity contribution < 1.29 is 24.6 Å². The number of benzene rings is 2. The highest BCUT2D eigenvalue weighted by atomic mass is 35.5. The smallest absolute Gasteiger partial charge is 0.324 e. The molecule has 0 radical (unpaired) electrons. The molecule has 2 N–H and O–H groups in total. The minimum absolute atomic E-state index is 0.0103. The molecule has 2 aliphatic heterocycles. The van der Waals surface area contributed by atoms with Gasteiger partial charge in [-0.3, -0.25) is 14.5 Å². The maximum absolute atomic E-state index is 13.7. The molecule has 1 atom stereocenters. The number of aliphatic carboxylic acids is 1. The molecule has 2 fully saturated rings. The number of hydrogen-bond acceptors (Lipinski definition) is 4. The van der Waals surface area contributed by atoms with Crippen LogP contribution in [0.1, 0.15) is 36.8 Å². The monoisotopic (exact) mass is 561 g/mol. The minimum Gasteiger partial charge on any atom is -0.481 e. The van der Waals surface area contributed by atoms with Crippen LogP contribution in [0.4, 0.5) is 10.5 Å². The standard InChI is InChI=1S/C28H33Cl2N3O5/c1-19-2-6-23(7-3-19)33-18-28(14-26(36)37,13-25(35)31-10-8-20(16-34)9-11-31)17-32(27(33)38)15-21-4-5-22(29)12-24(21)30/h2-7,12,20,34H,8-11,13-18H2,1H3,(H,36,37). The first-order valence-electron chi connectivity index (χ1n) is 12.8. The quantitative estimate of drug-likeness (QED) is 0.480. The Labute approximate surface area is 232 Å². The first kappa shape index (κ1) is 28.2. The molecule has 0 aliphatic carbocycles. The third kappa shape index (κ3) is 6.60. The van der Waals surface area contributed by atoms with Crippen LogP contribution in [0.2, 0.25) is 10.0 Å². The summed E-state index contributed by atoms with van der Waals surface area (Å²) in [4.78, 5) is 44.3. The Hall–Kier alpha value is -2.81. The van der Waals surface area contributed by atoms with Gasteiger partial charge in [0.15, 0.2) is 0 Å². The van der Waals surface area contributed by atoms with Gasteiger partial charge < -0.3 is 20.0 Å². The number of carboxylic acids is 1. The van der Waals surface area contributed by atoms with Crippen molar-refractivity contribution in [1.82, 2.24) is 9.80 Å². The lowest BCUT2D eigenvalue weighted by atomic mass is 9.77. The van der Waals surface area contributed by atoms with E-state index in [9.17, 15) is 24.6 Å². The lowest BCUT2D eigenvalue weighted by molar-refractivity contribution is -0.142. The van der Waals surface area contributed by atoms with E-state index in [1.807, 2.05) is 31.2 Å². The topological polar surface area (TPSA) is 101 Å². The van der Waals surface area contributed by atoms with Gasteiger partial charge in [0.25, 0.3) is 0 Å². The fourth-order valence-electron chi connectivity index (χ4n) is 5.41. The number of likely N-dealkylation sites (tertiary alicyclic amines) is 1. The molecule has 2 aromatic carbocycles. The Morgan fingerprint density at radius 2 is 1.71 bits per heavy atom. The van der Waals surface area contributed by atoms with Gasteiger partial charge in [-0.2, -0.15) is 0 Å². The average Bonchev–Trinajstić information content (AvgIpc) is 2.88. The third-order valence-electron chi connectivity index (χ3n) is 7.52. The summed E-state index contributed by atoms with van der Waals surface area (Å²) in [6.07, 6.45) is 1.14. The number of piperidine rings is 1. The van der Waals surface area contributed by atoms with Gasteiger partial charge in [-0.1, -0.05) is 47.0 Å². The Bertz CT molecular complexity index is 1180. The van der Waals surface area contributed by atoms with Crippen LogP contribution < -0.4 is 4.90 Å². The van der Waals surface area contributed by atoms with E-state index in [2.05, 4.69) is 0 Å². The summed E-state index contributed by atoms with van der Waals surface area (Å²) < 4.78 is 0. The van der Waals surface area contributed by atoms with Gasteiger partial charge in [-0.05, 0) is 55.5 Å². The first-order valence-corrected chi connectivity index (χ1v) is 13.5. The summed E-state index contributed by atoms with van der Waals surface area (Å²) >= 11 is 12.5. The lowest BCUT2D eigenvalue weighted by Crippen LogP contribution is -2.60. The normalized spacial score (nSPS) is 20.6. The fraction of sp³-hybridized carbons (Fsp3) is 0.464. The molecule has 0 bridgehead atoms. The number of aryl methyl sites for hydroxylation is 1. The predicted octanol–water partition coefficient (Wildman–Crippen LogP) is 4.83. The van der Waals surface area contributed by atoms with Crippen molar-refractivity contribution in [3.63, 3.8) is 0 Å². The summed E-state index contributed by atoms with van der Waals surface area (Å²) in [5.41, 5.74) is 1.32. The largest absolute Gasteiger partial charge is 0.481 e. The number of rotatable bonds is 8. The van der Waals surface area contributed by atoms with Gasteiger partial charge in [0.1, 0.15) is 0 Å². The van der Waals surface area contributed by atoms with Crippen molar-refractivity contribution in [2.24, 2.45) is 11.3 Å². The molecular formula is C28H33Cl2N3O5. The molecule has 4 rings (SSSR count). The number of aliphatic hydroxyl groups excluding tert-OH is 1. The number of nitrogens with zero attached hydrogens (tertiary/aromatic N) is 3. The molecule has 2 aromatic rings. The maximum atomic E-state index is 13.7. The van der Waals surface area contributed by atoms with Crippen LogP contribution in [0.5, 0.6) is 0 Å². The van der Waals surface area contributed by atoms with E-state index >= 15 is 0 Å². The molecule has 0 aromatic heterocycles. The first-order chi connectivity index (χ1) is 18.1. The zero-order chi connectivity index (χ0) is 27.4. The molecule has 2 aliphatic rings. The number of amides is 3. The van der Waals surface area contributed by atoms with Crippen molar-refractivity contribution in [3.8, 4) is 0 Å². The van der Waals surface area contributed by atoms with E-state index in [1.165, 1.54) is 0 Å². The van der Waals surface area contributed by atoms with Gasteiger partial charge in [-0.25, -0.2) is 4.79 Å². The second kappa shape index (κ2) is 11.9. The van der Waals surface area contributed by atoms with Crippen LogP contribution >= 0.6 is 23.2 Å². The Kier molecular flexibility index (Phi) is 8.85. The van der Waals surface area contributed by atoms with Crippen LogP contribution in [-0.4, -0.2) is 70.7 Å². The predicted molar refractivity (Wildman–Crippen MR) is 146 cm³/mol. The number of carbonyl (C=O) groups is 3. The van der Waals surface area contributed by atoms with Crippen LogP contribution in [0.25, 0.3) is 0 Å². The van der Waals surface area contributed by atoms with E-state index in [1.54, 1.807) is 32.9 Å². The number of carboxylic acid groups (broad SMARTS) is 1. The van der Waals surface area contributed by atoms with Gasteiger partial charge in [0.05, 0.1) is 6.42 Å². The van der Waals surface area contributed by atoms with Crippen molar-refractivity contribution in [3.05, 3.63) is 63.6 Å². The molecule has 3 amide bonds. The number of urea groups is 1. The summed E-state index contributed by atoms with van der Waals surface area (Å²) in [5.74, 6) is -0.985. The van der Waals surface area contributed by atoms with E-state index in [4.69, 9.17) is 23.2 Å². The zero-order valence-corrected chi connectivity index (χ0v) is 22.9. The Morgan fingerprint density at radius 1 is 1.03 bits per heavy atom. The number of aliphatic hydroxyl groups is 1. The molecule has 38 heavy (non-hydrogen) atoms. The van der Waals surface area contributed by atoms with E-state index in [-0.39, 0.29) is 56.9 Å². The number of hydrogen-bond donors (Lipinski definition) is 2. The molecular weight excluding hydrogens is 529 g/mol. The molecule has 2 saturated heterocycles. The highest BCUT2D eigenvalue weighted by Gasteiger charge is 2.47. The van der Waals surface area contributed by atoms with Crippen molar-refractivity contribution in [1.29, 1.82) is 0 Å². The number of halogens is 2. The lowest BCUT2D eigenvalue weighted by Gasteiger charge is -2.47. The minimum atomic E-state index is -1.03. The van der Waals surface area contributed by atoms with Crippen LogP contribution in [-0.2, 0) is 16.1 Å². The molecule has 1 unspecified atom stereocenters. The van der Waals surface area contributed by atoms with Crippen molar-refractivity contribution in [2.75, 3.05) is 37.7 Å². The molecule has 204 valence electrons. The number of carbonyl (C=O) groups excluding carboxylic acids is 2. The van der Waals surface area contributed by atoms with Crippen molar-refractivity contribution in [2.45, 2.75) is 39.2 Å². The highest BCUT2D eigenvalue weighted by Crippen LogP contribution is 2.38. The second-order valence-corrected chi connectivity index (χ2v) is 11.4. The molecule has 10 heteroatoms. The van der Waals surface area contributed by atoms with Gasteiger partial charge >= 0.3 is 12.0 Å². The van der Waals surface area contributed by atoms with Gasteiger partial charge in [0.2, 0.25) is 5.91 Å². The number of anilines is 1. The highest BCUT2D eigenvalue weighted by molar-refractivity contribution is 6.35. The second-order valence-electron chi connectivity index (χ2n) is 10.6.